The van der Waals surface area contributed by atoms with Gasteiger partial charge in [0.2, 0.25) is 0 Å². The molecule has 20 heavy (non-hydrogen) atoms. The topological polar surface area (TPSA) is 80.4 Å². The lowest BCUT2D eigenvalue weighted by Crippen LogP contribution is -2.12. The summed E-state index contributed by atoms with van der Waals surface area (Å²) >= 11 is 6.08. The van der Waals surface area contributed by atoms with Gasteiger partial charge in [-0.3, -0.25) is 9.59 Å². The predicted molar refractivity (Wildman–Crippen MR) is 71.8 cm³/mol. The Morgan fingerprint density at radius 3 is 2.90 bits per heavy atom. The van der Waals surface area contributed by atoms with Crippen LogP contribution in [0.5, 0.6) is 0 Å². The highest BCUT2D eigenvalue weighted by atomic mass is 35.5. The Kier molecular flexibility index (Phi) is 3.11. The summed E-state index contributed by atoms with van der Waals surface area (Å²) in [6.07, 6.45) is 0.492. The number of Topliss-reactive ketones (excluding diaryl/α,β-unsaturated/α-hetero) is 2. The summed E-state index contributed by atoms with van der Waals surface area (Å²) < 4.78 is 5.34. The van der Waals surface area contributed by atoms with Crippen molar-refractivity contribution in [1.82, 2.24) is 4.98 Å². The van der Waals surface area contributed by atoms with Crippen LogP contribution in [0.1, 0.15) is 22.7 Å². The van der Waals surface area contributed by atoms with Crippen molar-refractivity contribution in [1.29, 1.82) is 0 Å². The van der Waals surface area contributed by atoms with Crippen molar-refractivity contribution in [2.75, 3.05) is 6.61 Å². The van der Waals surface area contributed by atoms with Crippen molar-refractivity contribution in [3.63, 3.8) is 0 Å². The molecule has 0 amide bonds. The summed E-state index contributed by atoms with van der Waals surface area (Å²) in [6, 6.07) is 3.16. The number of hydrogen-bond acceptors (Lipinski definition) is 5. The summed E-state index contributed by atoms with van der Waals surface area (Å²) in [7, 11) is 0. The maximum Gasteiger partial charge on any atom is 0.192 e. The third-order valence-corrected chi connectivity index (χ3v) is 3.81. The average molecular weight is 294 g/mol. The lowest BCUT2D eigenvalue weighted by Gasteiger charge is -2.01. The maximum atomic E-state index is 12.3. The van der Waals surface area contributed by atoms with Gasteiger partial charge in [-0.2, -0.15) is 0 Å². The largest absolute Gasteiger partial charge is 0.439 e. The maximum absolute atomic E-state index is 12.3. The van der Waals surface area contributed by atoms with Gasteiger partial charge in [0.25, 0.3) is 0 Å². The smallest absolute Gasteiger partial charge is 0.192 e. The minimum Gasteiger partial charge on any atom is -0.439 e. The van der Waals surface area contributed by atoms with Crippen molar-refractivity contribution in [3.8, 4) is 0 Å². The molecule has 0 saturated heterocycles. The summed E-state index contributed by atoms with van der Waals surface area (Å²) in [5, 5.41) is 9.13. The zero-order chi connectivity index (χ0) is 14.4. The van der Waals surface area contributed by atoms with Crippen LogP contribution in [0.4, 0.5) is 0 Å². The van der Waals surface area contributed by atoms with Crippen molar-refractivity contribution in [2.45, 2.75) is 13.3 Å². The van der Waals surface area contributed by atoms with E-state index in [4.69, 9.17) is 21.1 Å². The van der Waals surface area contributed by atoms with Gasteiger partial charge in [-0.25, -0.2) is 4.98 Å². The number of carbonyl (C=O) groups excluding carboxylic acids is 2. The zero-order valence-corrected chi connectivity index (χ0v) is 11.5. The number of benzene rings is 1. The fraction of sp³-hybridized carbons (Fsp3) is 0.357. The number of rotatable bonds is 4. The molecule has 1 heterocycles. The van der Waals surface area contributed by atoms with Crippen molar-refractivity contribution in [3.05, 3.63) is 28.6 Å². The summed E-state index contributed by atoms with van der Waals surface area (Å²) in [5.41, 5.74) is 1.41. The molecule has 2 aromatic rings. The third kappa shape index (κ3) is 2.13. The van der Waals surface area contributed by atoms with E-state index < -0.39 is 6.61 Å². The second-order valence-electron chi connectivity index (χ2n) is 4.98. The van der Waals surface area contributed by atoms with E-state index >= 15 is 0 Å². The molecule has 1 aliphatic carbocycles. The van der Waals surface area contributed by atoms with Gasteiger partial charge in [-0.05, 0) is 18.6 Å². The molecule has 3 rings (SSSR count). The van der Waals surface area contributed by atoms with Gasteiger partial charge < -0.3 is 9.52 Å². The number of hydrogen-bond donors (Lipinski definition) is 1. The standard InChI is InChI=1S/C14H12ClNO4/c1-6-16-11-3-7(2-10(15)14(11)20-6)13(19)9-4-8(9)12(18)5-17/h2-3,8-9,17H,4-5H2,1H3/t8-,9-/m0/s1. The number of nitrogens with zero attached hydrogens (tertiary/aromatic N) is 1. The lowest BCUT2D eigenvalue weighted by atomic mass is 10.0. The summed E-state index contributed by atoms with van der Waals surface area (Å²) in [4.78, 5) is 27.8. The van der Waals surface area contributed by atoms with E-state index in [9.17, 15) is 9.59 Å². The van der Waals surface area contributed by atoms with Crippen LogP contribution in [0, 0.1) is 18.8 Å². The van der Waals surface area contributed by atoms with E-state index in [2.05, 4.69) is 4.98 Å². The first-order chi connectivity index (χ1) is 9.51. The molecule has 2 atom stereocenters. The van der Waals surface area contributed by atoms with Crippen LogP contribution in [0.2, 0.25) is 5.02 Å². The Labute approximate surface area is 119 Å². The first kappa shape index (κ1) is 13.3. The fourth-order valence-electron chi connectivity index (χ4n) is 2.42. The minimum atomic E-state index is -0.517. The highest BCUT2D eigenvalue weighted by Crippen LogP contribution is 2.42. The number of ketones is 2. The van der Waals surface area contributed by atoms with Crippen molar-refractivity contribution in [2.24, 2.45) is 11.8 Å². The molecule has 1 fully saturated rings. The van der Waals surface area contributed by atoms with E-state index in [1.54, 1.807) is 13.0 Å². The minimum absolute atomic E-state index is 0.138. The third-order valence-electron chi connectivity index (χ3n) is 3.53. The highest BCUT2D eigenvalue weighted by molar-refractivity contribution is 6.35. The monoisotopic (exact) mass is 293 g/mol. The number of oxazole rings is 1. The van der Waals surface area contributed by atoms with Gasteiger partial charge in [-0.1, -0.05) is 11.6 Å². The Morgan fingerprint density at radius 1 is 1.45 bits per heavy atom. The molecule has 6 heteroatoms. The number of fused-ring (bicyclic) bond motifs is 1. The van der Waals surface area contributed by atoms with Crippen LogP contribution in [0.15, 0.2) is 16.5 Å². The molecule has 5 nitrogen and oxygen atoms in total. The zero-order valence-electron chi connectivity index (χ0n) is 10.7. The van der Waals surface area contributed by atoms with Gasteiger partial charge in [0, 0.05) is 24.3 Å². The van der Waals surface area contributed by atoms with Crippen molar-refractivity contribution < 1.29 is 19.1 Å². The quantitative estimate of drug-likeness (QED) is 0.874. The fourth-order valence-corrected chi connectivity index (χ4v) is 2.67. The Morgan fingerprint density at radius 2 is 2.20 bits per heavy atom. The van der Waals surface area contributed by atoms with Gasteiger partial charge in [0.15, 0.2) is 23.0 Å². The molecule has 1 aromatic heterocycles. The highest BCUT2D eigenvalue weighted by Gasteiger charge is 2.47. The number of halogens is 1. The van der Waals surface area contributed by atoms with E-state index in [0.29, 0.717) is 34.0 Å². The van der Waals surface area contributed by atoms with Gasteiger partial charge in [0.1, 0.15) is 12.1 Å². The molecule has 1 aliphatic rings. The second-order valence-corrected chi connectivity index (χ2v) is 5.38. The van der Waals surface area contributed by atoms with Crippen LogP contribution in [0.25, 0.3) is 11.1 Å². The number of aliphatic hydroxyl groups is 1. The van der Waals surface area contributed by atoms with Crippen molar-refractivity contribution >= 4 is 34.3 Å². The molecule has 0 aliphatic heterocycles. The number of carbonyl (C=O) groups is 2. The Hall–Kier alpha value is -1.72. The van der Waals surface area contributed by atoms with Crippen LogP contribution in [-0.4, -0.2) is 28.3 Å². The van der Waals surface area contributed by atoms with Gasteiger partial charge >= 0.3 is 0 Å². The Bertz CT molecular complexity index is 721. The molecule has 1 N–H and O–H groups in total. The first-order valence-electron chi connectivity index (χ1n) is 6.25. The van der Waals surface area contributed by atoms with E-state index in [0.717, 1.165) is 0 Å². The van der Waals surface area contributed by atoms with Crippen LogP contribution in [-0.2, 0) is 4.79 Å². The first-order valence-corrected chi connectivity index (χ1v) is 6.63. The lowest BCUT2D eigenvalue weighted by molar-refractivity contribution is -0.123. The molecular weight excluding hydrogens is 282 g/mol. The molecule has 0 unspecified atom stereocenters. The normalized spacial score (nSPS) is 21.1. The average Bonchev–Trinajstić information content (AvgIpc) is 3.12. The van der Waals surface area contributed by atoms with E-state index in [1.807, 2.05) is 0 Å². The molecule has 104 valence electrons. The SMILES string of the molecule is Cc1nc2cc(C(=O)[C@H]3C[C@@H]3C(=O)CO)cc(Cl)c2o1. The van der Waals surface area contributed by atoms with Crippen LogP contribution in [0.3, 0.4) is 0 Å². The molecular formula is C14H12ClNO4. The summed E-state index contributed by atoms with van der Waals surface area (Å²) in [5.74, 6) is -0.655. The molecule has 1 aromatic carbocycles. The van der Waals surface area contributed by atoms with E-state index in [-0.39, 0.29) is 23.4 Å². The second kappa shape index (κ2) is 4.68. The van der Waals surface area contributed by atoms with Crippen LogP contribution >= 0.6 is 11.6 Å². The molecule has 0 spiro atoms. The van der Waals surface area contributed by atoms with E-state index in [1.165, 1.54) is 6.07 Å². The summed E-state index contributed by atoms with van der Waals surface area (Å²) in [6.45, 7) is 1.19. The Balaban J connectivity index is 1.91. The number of aromatic nitrogens is 1. The molecule has 1 saturated carbocycles. The van der Waals surface area contributed by atoms with Gasteiger partial charge in [-0.15, -0.1) is 0 Å². The van der Waals surface area contributed by atoms with Crippen LogP contribution < -0.4 is 0 Å². The molecule has 0 radical (unpaired) electrons. The van der Waals surface area contributed by atoms with Gasteiger partial charge in [0.05, 0.1) is 5.02 Å². The molecule has 0 bridgehead atoms. The number of aryl methyl sites for hydroxylation is 1. The predicted octanol–water partition coefficient (Wildman–Crippen LogP) is 2.17. The number of aliphatic hydroxyl groups excluding tert-OH is 1.